The lowest BCUT2D eigenvalue weighted by atomic mass is 9.98. The first-order valence-corrected chi connectivity index (χ1v) is 7.17. The Bertz CT molecular complexity index is 573. The molecule has 1 aromatic heterocycles. The Kier molecular flexibility index (Phi) is 4.21. The first-order chi connectivity index (χ1) is 9.76. The van der Waals surface area contributed by atoms with Crippen molar-refractivity contribution in [1.82, 2.24) is 9.88 Å². The van der Waals surface area contributed by atoms with Crippen LogP contribution in [-0.4, -0.2) is 34.7 Å². The van der Waals surface area contributed by atoms with Crippen molar-refractivity contribution >= 4 is 17.5 Å². The molecule has 5 heteroatoms. The predicted octanol–water partition coefficient (Wildman–Crippen LogP) is 3.00. The number of rotatable bonds is 1. The third kappa shape index (κ3) is 3.97. The van der Waals surface area contributed by atoms with Crippen LogP contribution in [0.5, 0.6) is 0 Å². The summed E-state index contributed by atoms with van der Waals surface area (Å²) >= 11 is 0. The van der Waals surface area contributed by atoms with Gasteiger partial charge in [-0.15, -0.1) is 0 Å². The summed E-state index contributed by atoms with van der Waals surface area (Å²) in [5, 5.41) is 0. The van der Waals surface area contributed by atoms with Gasteiger partial charge in [0.25, 0.3) is 0 Å². The van der Waals surface area contributed by atoms with Gasteiger partial charge in [-0.25, -0.2) is 9.78 Å². The van der Waals surface area contributed by atoms with Crippen molar-refractivity contribution in [2.24, 2.45) is 0 Å². The van der Waals surface area contributed by atoms with E-state index in [1.54, 1.807) is 4.90 Å². The Labute approximate surface area is 125 Å². The van der Waals surface area contributed by atoms with E-state index in [9.17, 15) is 4.79 Å². The lowest BCUT2D eigenvalue weighted by Crippen LogP contribution is -2.39. The molecule has 0 radical (unpaired) electrons. The summed E-state index contributed by atoms with van der Waals surface area (Å²) in [6, 6.07) is 3.80. The zero-order chi connectivity index (χ0) is 15.6. The average molecular weight is 289 g/mol. The van der Waals surface area contributed by atoms with Crippen molar-refractivity contribution in [3.05, 3.63) is 29.5 Å². The zero-order valence-corrected chi connectivity index (χ0v) is 13.1. The maximum Gasteiger partial charge on any atom is 0.410 e. The molecule has 0 atom stereocenters. The van der Waals surface area contributed by atoms with Crippen molar-refractivity contribution < 1.29 is 9.53 Å². The fraction of sp³-hybridized carbons (Fsp3) is 0.500. The zero-order valence-electron chi connectivity index (χ0n) is 13.1. The van der Waals surface area contributed by atoms with Crippen LogP contribution < -0.4 is 5.73 Å². The molecule has 0 saturated carbocycles. The highest BCUT2D eigenvalue weighted by molar-refractivity contribution is 5.73. The number of hydrogen-bond acceptors (Lipinski definition) is 4. The molecule has 2 heterocycles. The number of aromatic nitrogens is 1. The summed E-state index contributed by atoms with van der Waals surface area (Å²) < 4.78 is 5.39. The number of nitrogens with zero attached hydrogens (tertiary/aromatic N) is 2. The lowest BCUT2D eigenvalue weighted by molar-refractivity contribution is 0.0270. The monoisotopic (exact) mass is 289 g/mol. The predicted molar refractivity (Wildman–Crippen MR) is 83.8 cm³/mol. The number of aryl methyl sites for hydroxylation is 1. The van der Waals surface area contributed by atoms with E-state index in [0.717, 1.165) is 17.7 Å². The number of ether oxygens (including phenoxy) is 1. The van der Waals surface area contributed by atoms with E-state index in [2.05, 4.69) is 11.1 Å². The van der Waals surface area contributed by atoms with Crippen LogP contribution in [0.15, 0.2) is 18.2 Å². The van der Waals surface area contributed by atoms with Crippen molar-refractivity contribution in [1.29, 1.82) is 0 Å². The first kappa shape index (κ1) is 15.4. The summed E-state index contributed by atoms with van der Waals surface area (Å²) in [5.41, 5.74) is 8.45. The molecule has 0 aromatic carbocycles. The molecule has 114 valence electrons. The van der Waals surface area contributed by atoms with Gasteiger partial charge in [-0.3, -0.25) is 0 Å². The van der Waals surface area contributed by atoms with E-state index in [0.29, 0.717) is 18.9 Å². The second-order valence-electron chi connectivity index (χ2n) is 6.27. The van der Waals surface area contributed by atoms with Gasteiger partial charge >= 0.3 is 6.09 Å². The van der Waals surface area contributed by atoms with Crippen LogP contribution in [0, 0.1) is 6.92 Å². The quantitative estimate of drug-likeness (QED) is 0.863. The minimum Gasteiger partial charge on any atom is -0.444 e. The Hall–Kier alpha value is -2.04. The molecule has 2 rings (SSSR count). The molecule has 0 unspecified atom stereocenters. The van der Waals surface area contributed by atoms with Gasteiger partial charge in [0.1, 0.15) is 11.4 Å². The fourth-order valence-electron chi connectivity index (χ4n) is 2.33. The molecule has 0 bridgehead atoms. The number of carbonyl (C=O) groups excluding carboxylic acids is 1. The minimum absolute atomic E-state index is 0.259. The molecule has 5 nitrogen and oxygen atoms in total. The van der Waals surface area contributed by atoms with Crippen LogP contribution in [0.25, 0.3) is 5.57 Å². The van der Waals surface area contributed by atoms with Crippen LogP contribution >= 0.6 is 0 Å². The van der Waals surface area contributed by atoms with Gasteiger partial charge in [0.2, 0.25) is 0 Å². The highest BCUT2D eigenvalue weighted by atomic mass is 16.6. The van der Waals surface area contributed by atoms with E-state index in [4.69, 9.17) is 10.5 Å². The molecule has 0 aliphatic carbocycles. The molecule has 1 aliphatic heterocycles. The number of pyridine rings is 1. The van der Waals surface area contributed by atoms with Crippen molar-refractivity contribution in [3.8, 4) is 0 Å². The van der Waals surface area contributed by atoms with E-state index >= 15 is 0 Å². The fourth-order valence-corrected chi connectivity index (χ4v) is 2.33. The average Bonchev–Trinajstić information content (AvgIpc) is 2.37. The van der Waals surface area contributed by atoms with Crippen LogP contribution in [0.1, 0.15) is 38.4 Å². The second kappa shape index (κ2) is 5.76. The van der Waals surface area contributed by atoms with Crippen molar-refractivity contribution in [3.63, 3.8) is 0 Å². The van der Waals surface area contributed by atoms with Gasteiger partial charge in [-0.2, -0.15) is 0 Å². The number of nitrogens with two attached hydrogens (primary N) is 1. The molecule has 0 spiro atoms. The van der Waals surface area contributed by atoms with Crippen LogP contribution in [0.2, 0.25) is 0 Å². The van der Waals surface area contributed by atoms with Crippen LogP contribution in [-0.2, 0) is 4.74 Å². The normalized spacial score (nSPS) is 15.6. The molecule has 21 heavy (non-hydrogen) atoms. The van der Waals surface area contributed by atoms with E-state index in [-0.39, 0.29) is 6.09 Å². The second-order valence-corrected chi connectivity index (χ2v) is 6.27. The van der Waals surface area contributed by atoms with Gasteiger partial charge in [0, 0.05) is 18.8 Å². The highest BCUT2D eigenvalue weighted by Crippen LogP contribution is 2.25. The van der Waals surface area contributed by atoms with Crippen molar-refractivity contribution in [2.75, 3.05) is 18.8 Å². The Morgan fingerprint density at radius 1 is 1.38 bits per heavy atom. The summed E-state index contributed by atoms with van der Waals surface area (Å²) in [6.45, 7) is 8.80. The molecular formula is C16H23N3O2. The minimum atomic E-state index is -0.460. The van der Waals surface area contributed by atoms with Gasteiger partial charge in [-0.05, 0) is 57.4 Å². The summed E-state index contributed by atoms with van der Waals surface area (Å²) in [6.07, 6.45) is 2.60. The van der Waals surface area contributed by atoms with E-state index < -0.39 is 5.60 Å². The number of hydrogen-bond donors (Lipinski definition) is 1. The third-order valence-corrected chi connectivity index (χ3v) is 3.31. The maximum atomic E-state index is 12.0. The number of carbonyl (C=O) groups is 1. The number of anilines is 1. The van der Waals surface area contributed by atoms with Crippen LogP contribution in [0.3, 0.4) is 0 Å². The SMILES string of the molecule is Cc1nc(N)ccc1C1=CCN(C(=O)OC(C)(C)C)CC1. The van der Waals surface area contributed by atoms with Gasteiger partial charge in [-0.1, -0.05) is 6.08 Å². The molecule has 0 fully saturated rings. The van der Waals surface area contributed by atoms with Crippen LogP contribution in [0.4, 0.5) is 10.6 Å². The van der Waals surface area contributed by atoms with E-state index in [1.165, 1.54) is 5.57 Å². The van der Waals surface area contributed by atoms with Crippen molar-refractivity contribution in [2.45, 2.75) is 39.7 Å². The molecular weight excluding hydrogens is 266 g/mol. The number of nitrogen functional groups attached to an aromatic ring is 1. The standard InChI is InChI=1S/C16H23N3O2/c1-11-13(5-6-14(17)18-11)12-7-9-19(10-8-12)15(20)21-16(2,3)4/h5-7H,8-10H2,1-4H3,(H2,17,18). The smallest absolute Gasteiger partial charge is 0.410 e. The molecule has 2 N–H and O–H groups in total. The third-order valence-electron chi connectivity index (χ3n) is 3.31. The molecule has 1 aliphatic rings. The first-order valence-electron chi connectivity index (χ1n) is 7.17. The highest BCUT2D eigenvalue weighted by Gasteiger charge is 2.24. The van der Waals surface area contributed by atoms with Gasteiger partial charge in [0.05, 0.1) is 0 Å². The van der Waals surface area contributed by atoms with E-state index in [1.807, 2.05) is 39.8 Å². The Balaban J connectivity index is 2.07. The molecule has 0 saturated heterocycles. The Morgan fingerprint density at radius 2 is 2.10 bits per heavy atom. The topological polar surface area (TPSA) is 68.5 Å². The Morgan fingerprint density at radius 3 is 2.62 bits per heavy atom. The summed E-state index contributed by atoms with van der Waals surface area (Å²) in [7, 11) is 0. The summed E-state index contributed by atoms with van der Waals surface area (Å²) in [5.74, 6) is 0.531. The van der Waals surface area contributed by atoms with Gasteiger partial charge < -0.3 is 15.4 Å². The largest absolute Gasteiger partial charge is 0.444 e. The molecule has 1 amide bonds. The maximum absolute atomic E-state index is 12.0. The number of amides is 1. The van der Waals surface area contributed by atoms with Gasteiger partial charge in [0.15, 0.2) is 0 Å². The molecule has 1 aromatic rings. The summed E-state index contributed by atoms with van der Waals surface area (Å²) in [4.78, 5) is 18.0. The lowest BCUT2D eigenvalue weighted by Gasteiger charge is -2.29.